The monoisotopic (exact) mass is 415 g/mol. The fourth-order valence-electron chi connectivity index (χ4n) is 3.41. The average Bonchev–Trinajstić information content (AvgIpc) is 3.18. The molecule has 11 heteroatoms. The number of carbonyl (C=O) groups is 2. The lowest BCUT2D eigenvalue weighted by atomic mass is 9.63. The van der Waals surface area contributed by atoms with E-state index < -0.39 is 24.4 Å². The summed E-state index contributed by atoms with van der Waals surface area (Å²) in [5.41, 5.74) is 5.83. The van der Waals surface area contributed by atoms with Gasteiger partial charge in [0.2, 0.25) is 0 Å². The molecular weight excluding hydrogens is 389 g/mol. The highest BCUT2D eigenvalue weighted by Gasteiger charge is 2.41. The minimum atomic E-state index is -1.27. The van der Waals surface area contributed by atoms with Gasteiger partial charge in [0, 0.05) is 31.9 Å². The second-order valence-corrected chi connectivity index (χ2v) is 7.88. The number of nitrogens with zero attached hydrogens (tertiary/aromatic N) is 3. The first-order chi connectivity index (χ1) is 14.2. The van der Waals surface area contributed by atoms with Crippen molar-refractivity contribution in [1.82, 2.24) is 20.3 Å². The van der Waals surface area contributed by atoms with Gasteiger partial charge in [-0.2, -0.15) is 0 Å². The molecule has 3 rings (SSSR count). The van der Waals surface area contributed by atoms with E-state index in [1.165, 1.54) is 10.7 Å². The van der Waals surface area contributed by atoms with Gasteiger partial charge in [-0.25, -0.2) is 9.48 Å². The van der Waals surface area contributed by atoms with Gasteiger partial charge in [0.25, 0.3) is 0 Å². The molecule has 0 unspecified atom stereocenters. The van der Waals surface area contributed by atoms with Crippen LogP contribution < -0.4 is 15.7 Å². The first-order valence-electron chi connectivity index (χ1n) is 9.79. The van der Waals surface area contributed by atoms with Crippen molar-refractivity contribution in [3.05, 3.63) is 41.2 Å². The Balaban J connectivity index is 1.71. The van der Waals surface area contributed by atoms with Gasteiger partial charge in [-0.1, -0.05) is 17.3 Å². The summed E-state index contributed by atoms with van der Waals surface area (Å²) in [5, 5.41) is 31.0. The maximum absolute atomic E-state index is 13.1. The Kier molecular flexibility index (Phi) is 6.54. The summed E-state index contributed by atoms with van der Waals surface area (Å²) in [5.74, 6) is -1.61. The molecule has 2 aromatic rings. The van der Waals surface area contributed by atoms with Gasteiger partial charge in [-0.15, -0.1) is 5.10 Å². The normalized spacial score (nSPS) is 16.1. The highest BCUT2D eigenvalue weighted by Crippen LogP contribution is 2.37. The number of aromatic carboxylic acids is 1. The van der Waals surface area contributed by atoms with Crippen LogP contribution in [0.3, 0.4) is 0 Å². The standard InChI is InChI=1S/C19H26BN5O5/c1-19(2,25-11-14(23-24-25)10-22-7-6-21)16(26)9-13-8-12-4-3-5-15(18(27)28)17(12)30-20(13)29/h3-5,11,13,22,29H,6-10,21H2,1-2H3,(H,27,28)/t13-/m1/s1. The van der Waals surface area contributed by atoms with Crippen molar-refractivity contribution in [1.29, 1.82) is 0 Å². The van der Waals surface area contributed by atoms with Gasteiger partial charge in [0.05, 0.1) is 17.5 Å². The largest absolute Gasteiger partial charge is 0.535 e. The summed E-state index contributed by atoms with van der Waals surface area (Å²) < 4.78 is 7.00. The van der Waals surface area contributed by atoms with E-state index in [9.17, 15) is 19.7 Å². The van der Waals surface area contributed by atoms with Gasteiger partial charge in [0.15, 0.2) is 5.78 Å². The van der Waals surface area contributed by atoms with Crippen LogP contribution in [0.4, 0.5) is 0 Å². The number of carbonyl (C=O) groups excluding carboxylic acids is 1. The molecule has 0 saturated carbocycles. The molecule has 1 aromatic heterocycles. The third-order valence-corrected chi connectivity index (χ3v) is 5.32. The second kappa shape index (κ2) is 8.94. The van der Waals surface area contributed by atoms with Crippen LogP contribution in [0.15, 0.2) is 24.4 Å². The third kappa shape index (κ3) is 4.53. The number of carboxylic acids is 1. The van der Waals surface area contributed by atoms with Crippen molar-refractivity contribution in [3.63, 3.8) is 0 Å². The van der Waals surface area contributed by atoms with Crippen LogP contribution in [-0.2, 0) is 23.3 Å². The lowest BCUT2D eigenvalue weighted by Crippen LogP contribution is -2.41. The minimum absolute atomic E-state index is 0.00459. The maximum atomic E-state index is 13.1. The Labute approximate surface area is 174 Å². The fourth-order valence-corrected chi connectivity index (χ4v) is 3.41. The van der Waals surface area contributed by atoms with Crippen LogP contribution in [0.25, 0.3) is 0 Å². The number of fused-ring (bicyclic) bond motifs is 1. The van der Waals surface area contributed by atoms with E-state index in [0.29, 0.717) is 37.3 Å². The first-order valence-corrected chi connectivity index (χ1v) is 9.79. The molecule has 1 aliphatic rings. The van der Waals surface area contributed by atoms with Gasteiger partial charge in [-0.3, -0.25) is 4.79 Å². The van der Waals surface area contributed by atoms with E-state index in [2.05, 4.69) is 15.6 Å². The van der Waals surface area contributed by atoms with E-state index in [-0.39, 0.29) is 23.5 Å². The molecule has 10 nitrogen and oxygen atoms in total. The summed E-state index contributed by atoms with van der Waals surface area (Å²) in [6.45, 7) is 5.15. The molecule has 0 fully saturated rings. The zero-order valence-electron chi connectivity index (χ0n) is 17.0. The predicted molar refractivity (Wildman–Crippen MR) is 109 cm³/mol. The molecule has 0 bridgehead atoms. The number of benzene rings is 1. The molecule has 0 aliphatic carbocycles. The van der Waals surface area contributed by atoms with E-state index >= 15 is 0 Å². The zero-order chi connectivity index (χ0) is 21.9. The van der Waals surface area contributed by atoms with E-state index in [1.807, 2.05) is 0 Å². The lowest BCUT2D eigenvalue weighted by molar-refractivity contribution is -0.126. The number of hydrogen-bond acceptors (Lipinski definition) is 8. The fraction of sp³-hybridized carbons (Fsp3) is 0.474. The van der Waals surface area contributed by atoms with Crippen LogP contribution in [-0.4, -0.2) is 57.1 Å². The Bertz CT molecular complexity index is 932. The number of ketones is 1. The van der Waals surface area contributed by atoms with Crippen molar-refractivity contribution in [2.75, 3.05) is 13.1 Å². The predicted octanol–water partition coefficient (Wildman–Crippen LogP) is 0.205. The topological polar surface area (TPSA) is 153 Å². The summed E-state index contributed by atoms with van der Waals surface area (Å²) >= 11 is 0. The van der Waals surface area contributed by atoms with Crippen LogP contribution >= 0.6 is 0 Å². The van der Waals surface area contributed by atoms with Gasteiger partial charge < -0.3 is 25.8 Å². The Morgan fingerprint density at radius 1 is 1.43 bits per heavy atom. The molecule has 1 atom stereocenters. The van der Waals surface area contributed by atoms with Gasteiger partial charge in [-0.05, 0) is 31.9 Å². The Morgan fingerprint density at radius 2 is 2.20 bits per heavy atom. The first kappa shape index (κ1) is 21.9. The number of Topliss-reactive ketones (excluding diaryl/α,β-unsaturated/α-hetero) is 1. The zero-order valence-corrected chi connectivity index (χ0v) is 17.0. The number of nitrogens with two attached hydrogens (primary N) is 1. The SMILES string of the molecule is CC(C)(C(=O)C[C@H]1Cc2cccc(C(=O)O)c2OB1O)n1cc(CNCCN)nn1. The highest BCUT2D eigenvalue weighted by molar-refractivity contribution is 6.47. The summed E-state index contributed by atoms with van der Waals surface area (Å²) in [6, 6.07) is 4.79. The molecule has 0 saturated heterocycles. The lowest BCUT2D eigenvalue weighted by Gasteiger charge is -2.30. The van der Waals surface area contributed by atoms with Crippen molar-refractivity contribution in [2.45, 2.75) is 44.6 Å². The van der Waals surface area contributed by atoms with Crippen LogP contribution in [0.5, 0.6) is 5.75 Å². The third-order valence-electron chi connectivity index (χ3n) is 5.32. The summed E-state index contributed by atoms with van der Waals surface area (Å²) in [4.78, 5) is 24.4. The Morgan fingerprint density at radius 3 is 2.90 bits per heavy atom. The highest BCUT2D eigenvalue weighted by atomic mass is 16.5. The summed E-state index contributed by atoms with van der Waals surface area (Å²) in [7, 11) is -1.27. The van der Waals surface area contributed by atoms with Crippen molar-refractivity contribution < 1.29 is 24.4 Å². The smallest absolute Gasteiger partial charge is 0.526 e. The average molecular weight is 415 g/mol. The van der Waals surface area contributed by atoms with Crippen molar-refractivity contribution in [3.8, 4) is 5.75 Å². The molecule has 0 amide bonds. The molecule has 160 valence electrons. The number of carboxylic acid groups (broad SMARTS) is 1. The van der Waals surface area contributed by atoms with Crippen LogP contribution in [0.1, 0.15) is 41.9 Å². The molecule has 0 radical (unpaired) electrons. The van der Waals surface area contributed by atoms with E-state index in [4.69, 9.17) is 10.4 Å². The maximum Gasteiger partial charge on any atom is 0.526 e. The number of hydrogen-bond donors (Lipinski definition) is 4. The van der Waals surface area contributed by atoms with Crippen molar-refractivity contribution >= 4 is 18.9 Å². The quantitative estimate of drug-likeness (QED) is 0.332. The molecule has 1 aliphatic heterocycles. The van der Waals surface area contributed by atoms with E-state index in [1.54, 1.807) is 32.2 Å². The Hall–Kier alpha value is -2.76. The number of nitrogens with one attached hydrogen (secondary N) is 1. The molecule has 1 aromatic carbocycles. The molecule has 5 N–H and O–H groups in total. The molecular formula is C19H26BN5O5. The molecule has 30 heavy (non-hydrogen) atoms. The second-order valence-electron chi connectivity index (χ2n) is 7.88. The minimum Gasteiger partial charge on any atom is -0.535 e. The molecule has 2 heterocycles. The molecule has 0 spiro atoms. The number of para-hydroxylation sites is 1. The number of aromatic nitrogens is 3. The van der Waals surface area contributed by atoms with Crippen LogP contribution in [0, 0.1) is 0 Å². The van der Waals surface area contributed by atoms with Crippen molar-refractivity contribution in [2.24, 2.45) is 5.73 Å². The van der Waals surface area contributed by atoms with Gasteiger partial charge >= 0.3 is 13.1 Å². The summed E-state index contributed by atoms with van der Waals surface area (Å²) in [6.07, 6.45) is 2.10. The van der Waals surface area contributed by atoms with Crippen LogP contribution in [0.2, 0.25) is 5.82 Å². The number of rotatable bonds is 9. The van der Waals surface area contributed by atoms with E-state index in [0.717, 1.165) is 0 Å². The van der Waals surface area contributed by atoms with Gasteiger partial charge in [0.1, 0.15) is 11.3 Å².